The molecule has 0 aliphatic carbocycles. The quantitative estimate of drug-likeness (QED) is 0.775. The van der Waals surface area contributed by atoms with Gasteiger partial charge < -0.3 is 5.32 Å². The van der Waals surface area contributed by atoms with Crippen LogP contribution in [0.15, 0.2) is 36.4 Å². The SMILES string of the molecule is CCCc1nc2nc(C)cc(C)n2c1NCc1ccccc1. The molecule has 3 aromatic rings. The number of hydrogen-bond acceptors (Lipinski definition) is 3. The van der Waals surface area contributed by atoms with Gasteiger partial charge in [0, 0.05) is 17.9 Å². The molecule has 22 heavy (non-hydrogen) atoms. The van der Waals surface area contributed by atoms with E-state index in [9.17, 15) is 0 Å². The van der Waals surface area contributed by atoms with Gasteiger partial charge in [-0.15, -0.1) is 0 Å². The number of imidazole rings is 1. The van der Waals surface area contributed by atoms with E-state index in [-0.39, 0.29) is 0 Å². The van der Waals surface area contributed by atoms with Gasteiger partial charge in [0.15, 0.2) is 0 Å². The molecule has 0 bridgehead atoms. The second-order valence-electron chi connectivity index (χ2n) is 5.67. The first kappa shape index (κ1) is 14.6. The lowest BCUT2D eigenvalue weighted by Crippen LogP contribution is -2.06. The number of hydrogen-bond donors (Lipinski definition) is 1. The van der Waals surface area contributed by atoms with Crippen molar-refractivity contribution in [3.05, 3.63) is 59.0 Å². The van der Waals surface area contributed by atoms with E-state index in [1.807, 2.05) is 13.0 Å². The Labute approximate surface area is 131 Å². The number of fused-ring (bicyclic) bond motifs is 1. The van der Waals surface area contributed by atoms with Crippen molar-refractivity contribution in [2.24, 2.45) is 0 Å². The molecule has 0 saturated carbocycles. The third kappa shape index (κ3) is 2.82. The van der Waals surface area contributed by atoms with Crippen molar-refractivity contribution >= 4 is 11.6 Å². The Morgan fingerprint density at radius 1 is 1.09 bits per heavy atom. The lowest BCUT2D eigenvalue weighted by Gasteiger charge is -2.10. The number of aromatic nitrogens is 3. The van der Waals surface area contributed by atoms with E-state index in [4.69, 9.17) is 4.98 Å². The molecular weight excluding hydrogens is 272 g/mol. The predicted molar refractivity (Wildman–Crippen MR) is 90.2 cm³/mol. The highest BCUT2D eigenvalue weighted by Gasteiger charge is 2.14. The van der Waals surface area contributed by atoms with Crippen LogP contribution in [-0.4, -0.2) is 14.4 Å². The summed E-state index contributed by atoms with van der Waals surface area (Å²) < 4.78 is 2.13. The van der Waals surface area contributed by atoms with E-state index in [2.05, 4.69) is 58.9 Å². The topological polar surface area (TPSA) is 42.2 Å². The van der Waals surface area contributed by atoms with E-state index < -0.39 is 0 Å². The summed E-state index contributed by atoms with van der Waals surface area (Å²) in [6.07, 6.45) is 2.03. The second kappa shape index (κ2) is 6.18. The van der Waals surface area contributed by atoms with Crippen LogP contribution in [0.1, 0.15) is 36.0 Å². The number of benzene rings is 1. The van der Waals surface area contributed by atoms with Crippen LogP contribution in [0.5, 0.6) is 0 Å². The molecule has 2 heterocycles. The normalized spacial score (nSPS) is 11.0. The highest BCUT2D eigenvalue weighted by Crippen LogP contribution is 2.22. The first-order valence-corrected chi connectivity index (χ1v) is 7.82. The van der Waals surface area contributed by atoms with Gasteiger partial charge in [-0.25, -0.2) is 9.97 Å². The molecule has 0 fully saturated rings. The van der Waals surface area contributed by atoms with Crippen LogP contribution in [0.4, 0.5) is 5.82 Å². The summed E-state index contributed by atoms with van der Waals surface area (Å²) >= 11 is 0. The van der Waals surface area contributed by atoms with Crippen LogP contribution in [0.3, 0.4) is 0 Å². The highest BCUT2D eigenvalue weighted by atomic mass is 15.2. The fourth-order valence-corrected chi connectivity index (χ4v) is 2.79. The minimum Gasteiger partial charge on any atom is -0.366 e. The molecule has 114 valence electrons. The number of anilines is 1. The number of nitrogens with zero attached hydrogens (tertiary/aromatic N) is 3. The molecule has 0 radical (unpaired) electrons. The summed E-state index contributed by atoms with van der Waals surface area (Å²) in [5.41, 5.74) is 4.53. The van der Waals surface area contributed by atoms with Gasteiger partial charge in [-0.2, -0.15) is 0 Å². The van der Waals surface area contributed by atoms with E-state index in [0.29, 0.717) is 0 Å². The minimum absolute atomic E-state index is 0.788. The summed E-state index contributed by atoms with van der Waals surface area (Å²) in [5, 5.41) is 3.56. The van der Waals surface area contributed by atoms with Crippen molar-refractivity contribution in [1.82, 2.24) is 14.4 Å². The Kier molecular flexibility index (Phi) is 4.09. The number of nitrogens with one attached hydrogen (secondary N) is 1. The lowest BCUT2D eigenvalue weighted by molar-refractivity contribution is 0.890. The molecular formula is C18H22N4. The molecule has 0 unspecified atom stereocenters. The summed E-state index contributed by atoms with van der Waals surface area (Å²) in [4.78, 5) is 9.29. The minimum atomic E-state index is 0.788. The first-order chi connectivity index (χ1) is 10.7. The standard InChI is InChI=1S/C18H22N4/c1-4-8-16-17(19-12-15-9-6-5-7-10-15)22-14(3)11-13(2)20-18(22)21-16/h5-7,9-11,19H,4,8,12H2,1-3H3. The van der Waals surface area contributed by atoms with Crippen LogP contribution >= 0.6 is 0 Å². The van der Waals surface area contributed by atoms with Gasteiger partial charge in [-0.3, -0.25) is 4.40 Å². The molecule has 4 heteroatoms. The Bertz CT molecular complexity index is 775. The van der Waals surface area contributed by atoms with Crippen LogP contribution < -0.4 is 5.32 Å². The summed E-state index contributed by atoms with van der Waals surface area (Å²) in [5.74, 6) is 1.86. The molecule has 0 atom stereocenters. The molecule has 0 amide bonds. The summed E-state index contributed by atoms with van der Waals surface area (Å²) in [6.45, 7) is 7.08. The van der Waals surface area contributed by atoms with Crippen molar-refractivity contribution in [3.63, 3.8) is 0 Å². The largest absolute Gasteiger partial charge is 0.366 e. The van der Waals surface area contributed by atoms with Gasteiger partial charge >= 0.3 is 0 Å². The zero-order valence-corrected chi connectivity index (χ0v) is 13.4. The van der Waals surface area contributed by atoms with Crippen LogP contribution in [0.25, 0.3) is 5.78 Å². The molecule has 1 aromatic carbocycles. The lowest BCUT2D eigenvalue weighted by atomic mass is 10.2. The maximum atomic E-state index is 4.73. The third-order valence-corrected chi connectivity index (χ3v) is 3.77. The highest BCUT2D eigenvalue weighted by molar-refractivity contribution is 5.54. The molecule has 0 spiro atoms. The van der Waals surface area contributed by atoms with E-state index in [0.717, 1.165) is 48.1 Å². The van der Waals surface area contributed by atoms with Crippen LogP contribution in [0, 0.1) is 13.8 Å². The van der Waals surface area contributed by atoms with E-state index in [1.165, 1.54) is 5.56 Å². The molecule has 4 nitrogen and oxygen atoms in total. The van der Waals surface area contributed by atoms with Gasteiger partial charge in [0.05, 0.1) is 5.69 Å². The van der Waals surface area contributed by atoms with Gasteiger partial charge in [-0.05, 0) is 31.9 Å². The second-order valence-corrected chi connectivity index (χ2v) is 5.67. The fraction of sp³-hybridized carbons (Fsp3) is 0.333. The zero-order chi connectivity index (χ0) is 15.5. The Morgan fingerprint density at radius 2 is 1.86 bits per heavy atom. The monoisotopic (exact) mass is 294 g/mol. The average molecular weight is 294 g/mol. The Hall–Kier alpha value is -2.36. The van der Waals surface area contributed by atoms with Crippen LogP contribution in [-0.2, 0) is 13.0 Å². The smallest absolute Gasteiger partial charge is 0.236 e. The first-order valence-electron chi connectivity index (χ1n) is 7.82. The average Bonchev–Trinajstić information content (AvgIpc) is 2.84. The number of aryl methyl sites for hydroxylation is 3. The predicted octanol–water partition coefficient (Wildman–Crippen LogP) is 3.91. The molecule has 3 rings (SSSR count). The molecule has 0 saturated heterocycles. The maximum absolute atomic E-state index is 4.73. The van der Waals surface area contributed by atoms with Crippen LogP contribution in [0.2, 0.25) is 0 Å². The van der Waals surface area contributed by atoms with Crippen molar-refractivity contribution in [2.75, 3.05) is 5.32 Å². The maximum Gasteiger partial charge on any atom is 0.236 e. The summed E-state index contributed by atoms with van der Waals surface area (Å²) in [7, 11) is 0. The Morgan fingerprint density at radius 3 is 2.59 bits per heavy atom. The van der Waals surface area contributed by atoms with Gasteiger partial charge in [0.2, 0.25) is 5.78 Å². The van der Waals surface area contributed by atoms with Gasteiger partial charge in [0.25, 0.3) is 0 Å². The summed E-state index contributed by atoms with van der Waals surface area (Å²) in [6, 6.07) is 12.5. The van der Waals surface area contributed by atoms with E-state index >= 15 is 0 Å². The Balaban J connectivity index is 2.00. The fourth-order valence-electron chi connectivity index (χ4n) is 2.79. The third-order valence-electron chi connectivity index (χ3n) is 3.77. The zero-order valence-electron chi connectivity index (χ0n) is 13.4. The van der Waals surface area contributed by atoms with Crippen molar-refractivity contribution in [1.29, 1.82) is 0 Å². The van der Waals surface area contributed by atoms with E-state index in [1.54, 1.807) is 0 Å². The number of rotatable bonds is 5. The molecule has 0 aliphatic rings. The molecule has 1 N–H and O–H groups in total. The van der Waals surface area contributed by atoms with Crippen molar-refractivity contribution in [3.8, 4) is 0 Å². The van der Waals surface area contributed by atoms with Gasteiger partial charge in [-0.1, -0.05) is 43.7 Å². The van der Waals surface area contributed by atoms with Gasteiger partial charge in [0.1, 0.15) is 5.82 Å². The van der Waals surface area contributed by atoms with Crippen molar-refractivity contribution in [2.45, 2.75) is 40.2 Å². The van der Waals surface area contributed by atoms with Crippen molar-refractivity contribution < 1.29 is 0 Å². The molecule has 0 aliphatic heterocycles. The molecule has 2 aromatic heterocycles.